The van der Waals surface area contributed by atoms with Gasteiger partial charge in [-0.15, -0.1) is 0 Å². The van der Waals surface area contributed by atoms with Gasteiger partial charge >= 0.3 is 0 Å². The summed E-state index contributed by atoms with van der Waals surface area (Å²) in [6, 6.07) is 8.18. The van der Waals surface area contributed by atoms with Crippen LogP contribution >= 0.6 is 11.3 Å². The van der Waals surface area contributed by atoms with Crippen LogP contribution in [0.25, 0.3) is 10.3 Å². The van der Waals surface area contributed by atoms with E-state index < -0.39 is 0 Å². The van der Waals surface area contributed by atoms with Crippen LogP contribution in [0.1, 0.15) is 32.3 Å². The number of anilines is 3. The summed E-state index contributed by atoms with van der Waals surface area (Å²) in [5, 5.41) is 7.74. The molecule has 10 heteroatoms. The number of aromatic nitrogens is 3. The number of amides is 1. The summed E-state index contributed by atoms with van der Waals surface area (Å²) in [5.74, 6) is 1.50. The predicted molar refractivity (Wildman–Crippen MR) is 144 cm³/mol. The Balaban J connectivity index is 1.38. The third-order valence-corrected chi connectivity index (χ3v) is 7.34. The van der Waals surface area contributed by atoms with Crippen LogP contribution in [0.5, 0.6) is 0 Å². The number of thiazole rings is 1. The Morgan fingerprint density at radius 2 is 2.03 bits per heavy atom. The van der Waals surface area contributed by atoms with Gasteiger partial charge in [-0.3, -0.25) is 9.69 Å². The highest BCUT2D eigenvalue weighted by Gasteiger charge is 2.24. The van der Waals surface area contributed by atoms with Gasteiger partial charge in [0.25, 0.3) is 0 Å². The van der Waals surface area contributed by atoms with Crippen molar-refractivity contribution < 1.29 is 9.53 Å². The number of hydrogen-bond acceptors (Lipinski definition) is 9. The molecule has 2 aliphatic rings. The normalized spacial score (nSPS) is 22.9. The molecule has 2 fully saturated rings. The summed E-state index contributed by atoms with van der Waals surface area (Å²) in [5.41, 5.74) is 2.02. The smallest absolute Gasteiger partial charge is 0.246 e. The molecule has 1 amide bonds. The number of pyridine rings is 2. The van der Waals surface area contributed by atoms with Crippen molar-refractivity contribution in [3.8, 4) is 0 Å². The summed E-state index contributed by atoms with van der Waals surface area (Å²) in [6.45, 7) is 11.9. The van der Waals surface area contributed by atoms with Crippen molar-refractivity contribution in [2.45, 2.75) is 51.5 Å². The zero-order valence-electron chi connectivity index (χ0n) is 20.8. The fraction of sp³-hybridized carbons (Fsp3) is 0.462. The third-order valence-electron chi connectivity index (χ3n) is 6.45. The van der Waals surface area contributed by atoms with E-state index in [4.69, 9.17) is 9.72 Å². The van der Waals surface area contributed by atoms with Gasteiger partial charge in [-0.2, -0.15) is 0 Å². The maximum Gasteiger partial charge on any atom is 0.246 e. The van der Waals surface area contributed by atoms with E-state index >= 15 is 0 Å². The minimum Gasteiger partial charge on any atom is -0.373 e. The largest absolute Gasteiger partial charge is 0.373 e. The molecule has 0 spiro atoms. The Kier molecular flexibility index (Phi) is 7.45. The number of likely N-dealkylation sites (tertiary alicyclic amines) is 1. The average Bonchev–Trinajstić information content (AvgIpc) is 3.25. The summed E-state index contributed by atoms with van der Waals surface area (Å²) in [6.07, 6.45) is 5.51. The first-order valence-electron chi connectivity index (χ1n) is 12.5. The van der Waals surface area contributed by atoms with E-state index in [1.54, 1.807) is 6.20 Å². The molecule has 2 N–H and O–H groups in total. The SMILES string of the molecule is C=CC(=O)N1CCCC(Nc2cc(CN3CC(C)OC(C)C3)cc(Nc3nc4cccnc4s3)n2)C1. The summed E-state index contributed by atoms with van der Waals surface area (Å²) in [7, 11) is 0. The molecule has 3 aromatic rings. The van der Waals surface area contributed by atoms with Crippen LogP contribution in [-0.2, 0) is 16.1 Å². The molecule has 2 saturated heterocycles. The predicted octanol–water partition coefficient (Wildman–Crippen LogP) is 4.03. The van der Waals surface area contributed by atoms with E-state index in [2.05, 4.69) is 58.1 Å². The number of hydrogen-bond donors (Lipinski definition) is 2. The fourth-order valence-corrected chi connectivity index (χ4v) is 5.87. The van der Waals surface area contributed by atoms with Gasteiger partial charge in [0, 0.05) is 45.0 Å². The zero-order valence-corrected chi connectivity index (χ0v) is 21.6. The zero-order chi connectivity index (χ0) is 25.1. The second kappa shape index (κ2) is 10.9. The number of nitrogens with one attached hydrogen (secondary N) is 2. The highest BCUT2D eigenvalue weighted by atomic mass is 32.1. The molecule has 0 saturated carbocycles. The molecule has 3 unspecified atom stereocenters. The Morgan fingerprint density at radius 3 is 2.81 bits per heavy atom. The molecule has 0 aliphatic carbocycles. The highest BCUT2D eigenvalue weighted by molar-refractivity contribution is 7.21. The lowest BCUT2D eigenvalue weighted by Gasteiger charge is -2.35. The Labute approximate surface area is 215 Å². The third kappa shape index (κ3) is 6.00. The number of rotatable bonds is 7. The first-order valence-corrected chi connectivity index (χ1v) is 13.3. The van der Waals surface area contributed by atoms with Crippen molar-refractivity contribution in [2.24, 2.45) is 0 Å². The number of nitrogens with zero attached hydrogens (tertiary/aromatic N) is 5. The molecule has 3 atom stereocenters. The van der Waals surface area contributed by atoms with Crippen LogP contribution in [-0.4, -0.2) is 75.1 Å². The summed E-state index contributed by atoms with van der Waals surface area (Å²) in [4.78, 5) is 31.2. The van der Waals surface area contributed by atoms with Gasteiger partial charge < -0.3 is 20.3 Å². The fourth-order valence-electron chi connectivity index (χ4n) is 5.05. The molecule has 5 rings (SSSR count). The van der Waals surface area contributed by atoms with E-state index in [-0.39, 0.29) is 24.2 Å². The molecule has 9 nitrogen and oxygen atoms in total. The van der Waals surface area contributed by atoms with E-state index in [1.165, 1.54) is 17.4 Å². The van der Waals surface area contributed by atoms with Crippen LogP contribution in [0.15, 0.2) is 43.1 Å². The van der Waals surface area contributed by atoms with E-state index in [0.29, 0.717) is 6.54 Å². The number of carbonyl (C=O) groups excluding carboxylic acids is 1. The molecule has 190 valence electrons. The molecule has 0 aromatic carbocycles. The first kappa shape index (κ1) is 24.6. The van der Waals surface area contributed by atoms with Crippen LogP contribution < -0.4 is 10.6 Å². The van der Waals surface area contributed by atoms with Crippen molar-refractivity contribution in [3.63, 3.8) is 0 Å². The molecule has 3 aromatic heterocycles. The van der Waals surface area contributed by atoms with Crippen molar-refractivity contribution in [1.82, 2.24) is 24.8 Å². The van der Waals surface area contributed by atoms with Crippen molar-refractivity contribution in [1.29, 1.82) is 0 Å². The Hall–Kier alpha value is -3.08. The van der Waals surface area contributed by atoms with E-state index in [9.17, 15) is 4.79 Å². The summed E-state index contributed by atoms with van der Waals surface area (Å²) >= 11 is 1.51. The monoisotopic (exact) mass is 507 g/mol. The van der Waals surface area contributed by atoms with Crippen LogP contribution in [0.2, 0.25) is 0 Å². The average molecular weight is 508 g/mol. The quantitative estimate of drug-likeness (QED) is 0.463. The van der Waals surface area contributed by atoms with Crippen molar-refractivity contribution in [2.75, 3.05) is 36.8 Å². The number of piperidine rings is 1. The molecular weight excluding hydrogens is 474 g/mol. The number of morpholine rings is 1. The number of ether oxygens (including phenoxy) is 1. The van der Waals surface area contributed by atoms with Gasteiger partial charge in [0.1, 0.15) is 22.0 Å². The van der Waals surface area contributed by atoms with Crippen molar-refractivity contribution in [3.05, 3.63) is 48.7 Å². The standard InChI is InChI=1S/C26H33N7O2S/c1-4-24(34)33-10-6-7-20(16-33)28-22-11-19(15-32-13-17(2)35-18(3)14-32)12-23(30-22)31-26-29-21-8-5-9-27-25(21)36-26/h4-5,8-9,11-12,17-18,20H,1,6-7,10,13-16H2,2-3H3,(H2,28,29,30,31). The molecule has 0 radical (unpaired) electrons. The second-order valence-electron chi connectivity index (χ2n) is 9.64. The molecule has 5 heterocycles. The first-order chi connectivity index (χ1) is 17.4. The van der Waals surface area contributed by atoms with Gasteiger partial charge in [0.2, 0.25) is 5.91 Å². The maximum atomic E-state index is 12.2. The van der Waals surface area contributed by atoms with Gasteiger partial charge in [-0.1, -0.05) is 17.9 Å². The number of carbonyl (C=O) groups is 1. The molecule has 36 heavy (non-hydrogen) atoms. The van der Waals surface area contributed by atoms with Gasteiger partial charge in [0.15, 0.2) is 5.13 Å². The Bertz CT molecular complexity index is 1190. The van der Waals surface area contributed by atoms with Crippen LogP contribution in [0, 0.1) is 0 Å². The topological polar surface area (TPSA) is 95.5 Å². The minimum absolute atomic E-state index is 0.0226. The van der Waals surface area contributed by atoms with E-state index in [0.717, 1.165) is 71.7 Å². The Morgan fingerprint density at radius 1 is 1.22 bits per heavy atom. The summed E-state index contributed by atoms with van der Waals surface area (Å²) < 4.78 is 5.92. The molecule has 2 aliphatic heterocycles. The second-order valence-corrected chi connectivity index (χ2v) is 10.6. The molecular formula is C26H33N7O2S. The highest BCUT2D eigenvalue weighted by Crippen LogP contribution is 2.28. The number of fused-ring (bicyclic) bond motifs is 1. The lowest BCUT2D eigenvalue weighted by atomic mass is 10.1. The lowest BCUT2D eigenvalue weighted by molar-refractivity contribution is -0.127. The lowest BCUT2D eigenvalue weighted by Crippen LogP contribution is -2.45. The van der Waals surface area contributed by atoms with E-state index in [1.807, 2.05) is 17.0 Å². The van der Waals surface area contributed by atoms with Gasteiger partial charge in [-0.05, 0) is 62.6 Å². The van der Waals surface area contributed by atoms with Crippen molar-refractivity contribution >= 4 is 44.4 Å². The van der Waals surface area contributed by atoms with Crippen LogP contribution in [0.3, 0.4) is 0 Å². The van der Waals surface area contributed by atoms with Gasteiger partial charge in [-0.25, -0.2) is 15.0 Å². The maximum absolute atomic E-state index is 12.2. The minimum atomic E-state index is -0.0226. The van der Waals surface area contributed by atoms with Gasteiger partial charge in [0.05, 0.1) is 12.2 Å². The molecule has 0 bridgehead atoms. The van der Waals surface area contributed by atoms with Crippen LogP contribution in [0.4, 0.5) is 16.8 Å².